The zero-order valence-corrected chi connectivity index (χ0v) is 17.8. The molecule has 5 nitrogen and oxygen atoms in total. The molecule has 27 heavy (non-hydrogen) atoms. The minimum Gasteiger partial charge on any atom is -0.484 e. The van der Waals surface area contributed by atoms with E-state index in [1.54, 1.807) is 25.2 Å². The van der Waals surface area contributed by atoms with Crippen molar-refractivity contribution < 1.29 is 17.9 Å². The molecule has 0 amide bonds. The SMILES string of the molecule is CN=C(NCc1ccccc1OCC(F)(F)F)N(C)Cc1cccn1C.I. The summed E-state index contributed by atoms with van der Waals surface area (Å²) in [5.41, 5.74) is 1.74. The molecule has 0 saturated heterocycles. The Hall–Kier alpha value is -1.91. The van der Waals surface area contributed by atoms with Gasteiger partial charge in [0, 0.05) is 45.1 Å². The standard InChI is InChI=1S/C18H23F3N4O.HI/c1-22-17(25(3)12-15-8-6-10-24(15)2)23-11-14-7-4-5-9-16(14)26-13-18(19,20)21;/h4-10H,11-13H2,1-3H3,(H,22,23);1H. The number of guanidine groups is 1. The van der Waals surface area contributed by atoms with Crippen molar-refractivity contribution in [3.05, 3.63) is 53.9 Å². The number of aryl methyl sites for hydroxylation is 1. The fraction of sp³-hybridized carbons (Fsp3) is 0.389. The third-order valence-corrected chi connectivity index (χ3v) is 3.82. The van der Waals surface area contributed by atoms with Gasteiger partial charge in [-0.05, 0) is 18.2 Å². The Labute approximate surface area is 174 Å². The summed E-state index contributed by atoms with van der Waals surface area (Å²) >= 11 is 0. The molecule has 2 rings (SSSR count). The number of alkyl halides is 3. The van der Waals surface area contributed by atoms with Crippen LogP contribution < -0.4 is 10.1 Å². The van der Waals surface area contributed by atoms with Gasteiger partial charge >= 0.3 is 6.18 Å². The average Bonchev–Trinajstić information content (AvgIpc) is 2.98. The third-order valence-electron chi connectivity index (χ3n) is 3.82. The molecule has 0 atom stereocenters. The maximum atomic E-state index is 12.4. The average molecular weight is 496 g/mol. The highest BCUT2D eigenvalue weighted by atomic mass is 127. The lowest BCUT2D eigenvalue weighted by atomic mass is 10.2. The van der Waals surface area contributed by atoms with E-state index in [1.807, 2.05) is 41.9 Å². The van der Waals surface area contributed by atoms with Gasteiger partial charge < -0.3 is 19.5 Å². The van der Waals surface area contributed by atoms with Gasteiger partial charge in [-0.15, -0.1) is 24.0 Å². The topological polar surface area (TPSA) is 41.8 Å². The summed E-state index contributed by atoms with van der Waals surface area (Å²) in [5.74, 6) is 0.842. The number of ether oxygens (including phenoxy) is 1. The lowest BCUT2D eigenvalue weighted by molar-refractivity contribution is -0.153. The summed E-state index contributed by atoms with van der Waals surface area (Å²) in [6, 6.07) is 10.6. The van der Waals surface area contributed by atoms with E-state index in [4.69, 9.17) is 4.74 Å². The Balaban J connectivity index is 0.00000364. The van der Waals surface area contributed by atoms with Gasteiger partial charge in [0.1, 0.15) is 5.75 Å². The molecule has 150 valence electrons. The second kappa shape index (κ2) is 10.4. The first-order chi connectivity index (χ1) is 12.3. The van der Waals surface area contributed by atoms with Crippen LogP contribution in [0, 0.1) is 0 Å². The zero-order valence-electron chi connectivity index (χ0n) is 15.5. The van der Waals surface area contributed by atoms with E-state index in [0.29, 0.717) is 24.6 Å². The summed E-state index contributed by atoms with van der Waals surface area (Å²) < 4.78 is 44.1. The van der Waals surface area contributed by atoms with Crippen molar-refractivity contribution >= 4 is 29.9 Å². The Bertz CT molecular complexity index is 746. The van der Waals surface area contributed by atoms with E-state index in [9.17, 15) is 13.2 Å². The maximum Gasteiger partial charge on any atom is 0.422 e. The van der Waals surface area contributed by atoms with Crippen LogP contribution in [0.3, 0.4) is 0 Å². The van der Waals surface area contributed by atoms with Crippen LogP contribution in [-0.4, -0.2) is 42.3 Å². The second-order valence-electron chi connectivity index (χ2n) is 5.88. The molecule has 9 heteroatoms. The third kappa shape index (κ3) is 7.31. The van der Waals surface area contributed by atoms with Crippen molar-refractivity contribution in [1.29, 1.82) is 0 Å². The van der Waals surface area contributed by atoms with Gasteiger partial charge in [0.05, 0.1) is 6.54 Å². The second-order valence-corrected chi connectivity index (χ2v) is 5.88. The first-order valence-corrected chi connectivity index (χ1v) is 8.09. The molecule has 1 aromatic carbocycles. The van der Waals surface area contributed by atoms with E-state index in [2.05, 4.69) is 10.3 Å². The van der Waals surface area contributed by atoms with Crippen molar-refractivity contribution in [1.82, 2.24) is 14.8 Å². The number of nitrogens with one attached hydrogen (secondary N) is 1. The van der Waals surface area contributed by atoms with Crippen molar-refractivity contribution in [2.24, 2.45) is 12.0 Å². The van der Waals surface area contributed by atoms with Gasteiger partial charge in [-0.2, -0.15) is 13.2 Å². The molecule has 0 aliphatic carbocycles. The van der Waals surface area contributed by atoms with Gasteiger partial charge in [-0.1, -0.05) is 18.2 Å². The highest BCUT2D eigenvalue weighted by molar-refractivity contribution is 14.0. The summed E-state index contributed by atoms with van der Waals surface area (Å²) in [6.07, 6.45) is -2.40. The molecule has 0 saturated carbocycles. The molecule has 1 heterocycles. The molecule has 1 N–H and O–H groups in total. The predicted octanol–water partition coefficient (Wildman–Crippen LogP) is 3.79. The van der Waals surface area contributed by atoms with Crippen molar-refractivity contribution in [2.75, 3.05) is 20.7 Å². The number of para-hydroxylation sites is 1. The number of hydrogen-bond donors (Lipinski definition) is 1. The molecule has 2 aromatic rings. The van der Waals surface area contributed by atoms with Crippen LogP contribution in [0.25, 0.3) is 0 Å². The van der Waals surface area contributed by atoms with Crippen molar-refractivity contribution in [2.45, 2.75) is 19.3 Å². The Morgan fingerprint density at radius 2 is 1.93 bits per heavy atom. The van der Waals surface area contributed by atoms with Gasteiger partial charge in [-0.25, -0.2) is 0 Å². The molecule has 0 aliphatic rings. The smallest absolute Gasteiger partial charge is 0.422 e. The molecule has 1 aromatic heterocycles. The molecule has 0 fully saturated rings. The molecule has 0 radical (unpaired) electrons. The highest BCUT2D eigenvalue weighted by Crippen LogP contribution is 2.22. The number of nitrogens with zero attached hydrogens (tertiary/aromatic N) is 3. The van der Waals surface area contributed by atoms with E-state index in [0.717, 1.165) is 5.69 Å². The predicted molar refractivity (Wildman–Crippen MR) is 110 cm³/mol. The monoisotopic (exact) mass is 496 g/mol. The number of hydrogen-bond acceptors (Lipinski definition) is 2. The molecule has 0 unspecified atom stereocenters. The number of aliphatic imine (C=N–C) groups is 1. The molecule has 0 aliphatic heterocycles. The van der Waals surface area contributed by atoms with E-state index >= 15 is 0 Å². The lowest BCUT2D eigenvalue weighted by Crippen LogP contribution is -2.38. The van der Waals surface area contributed by atoms with Gasteiger partial charge in [0.2, 0.25) is 0 Å². The Morgan fingerprint density at radius 3 is 2.52 bits per heavy atom. The number of benzene rings is 1. The van der Waals surface area contributed by atoms with Crippen LogP contribution in [0.15, 0.2) is 47.6 Å². The minimum atomic E-state index is -4.37. The van der Waals surface area contributed by atoms with Crippen molar-refractivity contribution in [3.63, 3.8) is 0 Å². The maximum absolute atomic E-state index is 12.4. The van der Waals surface area contributed by atoms with Crippen LogP contribution >= 0.6 is 24.0 Å². The van der Waals surface area contributed by atoms with Crippen LogP contribution in [-0.2, 0) is 20.1 Å². The summed E-state index contributed by atoms with van der Waals surface area (Å²) in [6.45, 7) is -0.361. The van der Waals surface area contributed by atoms with Gasteiger partial charge in [-0.3, -0.25) is 4.99 Å². The minimum absolute atomic E-state index is 0. The summed E-state index contributed by atoms with van der Waals surface area (Å²) in [7, 11) is 5.53. The number of halogens is 4. The van der Waals surface area contributed by atoms with Crippen LogP contribution in [0.1, 0.15) is 11.3 Å². The summed E-state index contributed by atoms with van der Waals surface area (Å²) in [5, 5.41) is 3.16. The van der Waals surface area contributed by atoms with Gasteiger partial charge in [0.25, 0.3) is 0 Å². The molecule has 0 bridgehead atoms. The Kier molecular flexibility index (Phi) is 8.94. The van der Waals surface area contributed by atoms with Crippen LogP contribution in [0.2, 0.25) is 0 Å². The largest absolute Gasteiger partial charge is 0.484 e. The first kappa shape index (κ1) is 23.1. The van der Waals surface area contributed by atoms with E-state index in [-0.39, 0.29) is 29.7 Å². The quantitative estimate of drug-likeness (QED) is 0.376. The Morgan fingerprint density at radius 1 is 1.22 bits per heavy atom. The molecular formula is C18H24F3IN4O. The van der Waals surface area contributed by atoms with E-state index < -0.39 is 12.8 Å². The lowest BCUT2D eigenvalue weighted by Gasteiger charge is -2.23. The van der Waals surface area contributed by atoms with Gasteiger partial charge in [0.15, 0.2) is 12.6 Å². The van der Waals surface area contributed by atoms with Crippen LogP contribution in [0.5, 0.6) is 5.75 Å². The normalized spacial score (nSPS) is 11.7. The van der Waals surface area contributed by atoms with Crippen molar-refractivity contribution in [3.8, 4) is 5.75 Å². The number of aromatic nitrogens is 1. The highest BCUT2D eigenvalue weighted by Gasteiger charge is 2.28. The first-order valence-electron chi connectivity index (χ1n) is 8.09. The molecule has 0 spiro atoms. The molecular weight excluding hydrogens is 472 g/mol. The zero-order chi connectivity index (χ0) is 19.2. The fourth-order valence-electron chi connectivity index (χ4n) is 2.49. The summed E-state index contributed by atoms with van der Waals surface area (Å²) in [4.78, 5) is 6.17. The van der Waals surface area contributed by atoms with Crippen LogP contribution in [0.4, 0.5) is 13.2 Å². The number of rotatable bonds is 6. The fourth-order valence-corrected chi connectivity index (χ4v) is 2.49. The van der Waals surface area contributed by atoms with E-state index in [1.165, 1.54) is 6.07 Å².